The summed E-state index contributed by atoms with van der Waals surface area (Å²) >= 11 is 0. The van der Waals surface area contributed by atoms with Crippen molar-refractivity contribution in [3.8, 4) is 0 Å². The van der Waals surface area contributed by atoms with Gasteiger partial charge in [-0.15, -0.1) is 0 Å². The Morgan fingerprint density at radius 1 is 1.38 bits per heavy atom. The molecular formula is C18H24N4O2. The minimum absolute atomic E-state index is 0.120. The third-order valence-electron chi connectivity index (χ3n) is 4.68. The summed E-state index contributed by atoms with van der Waals surface area (Å²) in [7, 11) is 0. The van der Waals surface area contributed by atoms with Crippen LogP contribution in [-0.4, -0.2) is 27.2 Å². The molecule has 1 unspecified atom stereocenters. The first kappa shape index (κ1) is 16.5. The summed E-state index contributed by atoms with van der Waals surface area (Å²) in [5.74, 6) is -0.0477. The number of aryl methyl sites for hydroxylation is 1. The van der Waals surface area contributed by atoms with E-state index in [1.807, 2.05) is 35.9 Å². The fourth-order valence-electron chi connectivity index (χ4n) is 3.48. The van der Waals surface area contributed by atoms with Gasteiger partial charge in [-0.2, -0.15) is 0 Å². The number of nitrogens with one attached hydrogen (secondary N) is 2. The molecular weight excluding hydrogens is 304 g/mol. The van der Waals surface area contributed by atoms with Gasteiger partial charge in [-0.25, -0.2) is 4.98 Å². The number of hydrogen-bond donors (Lipinski definition) is 2. The Labute approximate surface area is 141 Å². The molecule has 128 valence electrons. The molecule has 1 atom stereocenters. The van der Waals surface area contributed by atoms with Gasteiger partial charge in [-0.05, 0) is 37.3 Å². The van der Waals surface area contributed by atoms with Crippen molar-refractivity contribution in [3.63, 3.8) is 0 Å². The summed E-state index contributed by atoms with van der Waals surface area (Å²) in [5, 5.41) is 5.75. The lowest BCUT2D eigenvalue weighted by molar-refractivity contribution is -0.129. The summed E-state index contributed by atoms with van der Waals surface area (Å²) in [4.78, 5) is 28.6. The molecule has 0 radical (unpaired) electrons. The third kappa shape index (κ3) is 3.58. The molecule has 0 aliphatic heterocycles. The lowest BCUT2D eigenvalue weighted by atomic mass is 9.97. The van der Waals surface area contributed by atoms with Gasteiger partial charge in [0.2, 0.25) is 11.8 Å². The number of imidazole rings is 1. The van der Waals surface area contributed by atoms with E-state index in [4.69, 9.17) is 0 Å². The predicted octanol–water partition coefficient (Wildman–Crippen LogP) is 1.95. The van der Waals surface area contributed by atoms with E-state index in [-0.39, 0.29) is 17.7 Å². The minimum Gasteiger partial charge on any atom is -0.349 e. The number of carbonyl (C=O) groups is 2. The molecule has 2 N–H and O–H groups in total. The minimum atomic E-state index is -0.441. The molecule has 24 heavy (non-hydrogen) atoms. The van der Waals surface area contributed by atoms with E-state index in [2.05, 4.69) is 15.6 Å². The summed E-state index contributed by atoms with van der Waals surface area (Å²) < 4.78 is 1.96. The third-order valence-corrected chi connectivity index (χ3v) is 4.68. The van der Waals surface area contributed by atoms with E-state index in [1.165, 1.54) is 6.92 Å². The van der Waals surface area contributed by atoms with Crippen molar-refractivity contribution in [1.29, 1.82) is 0 Å². The Morgan fingerprint density at radius 2 is 2.12 bits per heavy atom. The standard InChI is InChI=1S/C18H24N4O2/c1-12-6-5-9-22-11-15(21-17(12)22)10-19-18(24)16(20-13(2)23)14-7-3-4-8-14/h5-6,9,11,14,16H,3-4,7-8,10H2,1-2H3,(H,19,24)(H,20,23). The number of rotatable bonds is 5. The first-order valence-corrected chi connectivity index (χ1v) is 8.52. The maximum absolute atomic E-state index is 12.6. The monoisotopic (exact) mass is 328 g/mol. The largest absolute Gasteiger partial charge is 0.349 e. The van der Waals surface area contributed by atoms with E-state index in [9.17, 15) is 9.59 Å². The van der Waals surface area contributed by atoms with Crippen LogP contribution in [0.5, 0.6) is 0 Å². The molecule has 3 rings (SSSR count). The van der Waals surface area contributed by atoms with Crippen molar-refractivity contribution in [2.75, 3.05) is 0 Å². The first-order valence-electron chi connectivity index (χ1n) is 8.52. The van der Waals surface area contributed by atoms with Gasteiger partial charge in [-0.3, -0.25) is 9.59 Å². The van der Waals surface area contributed by atoms with Gasteiger partial charge in [0, 0.05) is 19.3 Å². The van der Waals surface area contributed by atoms with E-state index in [0.29, 0.717) is 6.54 Å². The predicted molar refractivity (Wildman–Crippen MR) is 91.3 cm³/mol. The molecule has 0 saturated heterocycles. The molecule has 6 nitrogen and oxygen atoms in total. The normalized spacial score (nSPS) is 16.2. The summed E-state index contributed by atoms with van der Waals surface area (Å²) in [6.45, 7) is 3.83. The van der Waals surface area contributed by atoms with Crippen molar-refractivity contribution in [1.82, 2.24) is 20.0 Å². The van der Waals surface area contributed by atoms with Gasteiger partial charge >= 0.3 is 0 Å². The Bertz CT molecular complexity index is 747. The Balaban J connectivity index is 1.67. The van der Waals surface area contributed by atoms with Crippen molar-refractivity contribution in [2.45, 2.75) is 52.1 Å². The fraction of sp³-hybridized carbons (Fsp3) is 0.500. The molecule has 0 spiro atoms. The SMILES string of the molecule is CC(=O)NC(C(=O)NCc1cn2cccc(C)c2n1)C1CCCC1. The Kier molecular flexibility index (Phi) is 4.83. The van der Waals surface area contributed by atoms with Crippen LogP contribution in [-0.2, 0) is 16.1 Å². The van der Waals surface area contributed by atoms with Gasteiger partial charge in [0.25, 0.3) is 0 Å². The first-order chi connectivity index (χ1) is 11.5. The van der Waals surface area contributed by atoms with Crippen molar-refractivity contribution < 1.29 is 9.59 Å². The van der Waals surface area contributed by atoms with E-state index in [0.717, 1.165) is 42.6 Å². The van der Waals surface area contributed by atoms with Gasteiger partial charge in [0.05, 0.1) is 12.2 Å². The lowest BCUT2D eigenvalue weighted by Crippen LogP contribution is -2.49. The van der Waals surface area contributed by atoms with Crippen molar-refractivity contribution in [2.24, 2.45) is 5.92 Å². The second-order valence-electron chi connectivity index (χ2n) is 6.59. The zero-order chi connectivity index (χ0) is 17.1. The number of pyridine rings is 1. The van der Waals surface area contributed by atoms with Crippen LogP contribution in [0.3, 0.4) is 0 Å². The second-order valence-corrected chi connectivity index (χ2v) is 6.59. The lowest BCUT2D eigenvalue weighted by Gasteiger charge is -2.23. The van der Waals surface area contributed by atoms with Crippen LogP contribution < -0.4 is 10.6 Å². The molecule has 0 bridgehead atoms. The molecule has 1 aliphatic rings. The summed E-state index contributed by atoms with van der Waals surface area (Å²) in [5.41, 5.74) is 2.80. The van der Waals surface area contributed by atoms with E-state index >= 15 is 0 Å². The zero-order valence-electron chi connectivity index (χ0n) is 14.2. The highest BCUT2D eigenvalue weighted by atomic mass is 16.2. The summed E-state index contributed by atoms with van der Waals surface area (Å²) in [6, 6.07) is 3.54. The average molecular weight is 328 g/mol. The van der Waals surface area contributed by atoms with Crippen LogP contribution in [0.4, 0.5) is 0 Å². The van der Waals surface area contributed by atoms with Gasteiger partial charge < -0.3 is 15.0 Å². The second kappa shape index (κ2) is 7.03. The smallest absolute Gasteiger partial charge is 0.243 e. The van der Waals surface area contributed by atoms with Crippen LogP contribution in [0.1, 0.15) is 43.9 Å². The number of aromatic nitrogens is 2. The molecule has 1 fully saturated rings. The molecule has 2 aromatic heterocycles. The molecule has 1 aliphatic carbocycles. The fourth-order valence-corrected chi connectivity index (χ4v) is 3.48. The number of amides is 2. The van der Waals surface area contributed by atoms with Crippen LogP contribution in [0, 0.1) is 12.8 Å². The van der Waals surface area contributed by atoms with Crippen molar-refractivity contribution in [3.05, 3.63) is 35.8 Å². The van der Waals surface area contributed by atoms with Gasteiger partial charge in [0.15, 0.2) is 0 Å². The van der Waals surface area contributed by atoms with Gasteiger partial charge in [0.1, 0.15) is 11.7 Å². The Morgan fingerprint density at radius 3 is 2.79 bits per heavy atom. The van der Waals surface area contributed by atoms with Crippen LogP contribution in [0.15, 0.2) is 24.5 Å². The molecule has 0 aromatic carbocycles. The topological polar surface area (TPSA) is 75.5 Å². The average Bonchev–Trinajstić information content (AvgIpc) is 3.20. The number of nitrogens with zero attached hydrogens (tertiary/aromatic N) is 2. The van der Waals surface area contributed by atoms with E-state index in [1.54, 1.807) is 0 Å². The highest BCUT2D eigenvalue weighted by Gasteiger charge is 2.31. The number of hydrogen-bond acceptors (Lipinski definition) is 3. The molecule has 2 aromatic rings. The molecule has 6 heteroatoms. The summed E-state index contributed by atoms with van der Waals surface area (Å²) in [6.07, 6.45) is 8.10. The van der Waals surface area contributed by atoms with Crippen LogP contribution in [0.2, 0.25) is 0 Å². The van der Waals surface area contributed by atoms with Crippen LogP contribution >= 0.6 is 0 Å². The number of fused-ring (bicyclic) bond motifs is 1. The van der Waals surface area contributed by atoms with Crippen molar-refractivity contribution >= 4 is 17.5 Å². The molecule has 1 saturated carbocycles. The highest BCUT2D eigenvalue weighted by Crippen LogP contribution is 2.28. The zero-order valence-corrected chi connectivity index (χ0v) is 14.2. The highest BCUT2D eigenvalue weighted by molar-refractivity contribution is 5.87. The number of carbonyl (C=O) groups excluding carboxylic acids is 2. The maximum atomic E-state index is 12.6. The molecule has 2 amide bonds. The van der Waals surface area contributed by atoms with E-state index < -0.39 is 6.04 Å². The quantitative estimate of drug-likeness (QED) is 0.881. The maximum Gasteiger partial charge on any atom is 0.243 e. The van der Waals surface area contributed by atoms with Crippen LogP contribution in [0.25, 0.3) is 5.65 Å². The van der Waals surface area contributed by atoms with Gasteiger partial charge in [-0.1, -0.05) is 18.9 Å². The Hall–Kier alpha value is -2.37. The molecule has 2 heterocycles.